The van der Waals surface area contributed by atoms with Crippen LogP contribution in [0, 0.1) is 0 Å². The van der Waals surface area contributed by atoms with Gasteiger partial charge in [0, 0.05) is 10.9 Å². The molecule has 3 rings (SSSR count). The Labute approximate surface area is 120 Å². The van der Waals surface area contributed by atoms with Crippen LogP contribution in [0.15, 0.2) is 36.4 Å². The molecule has 0 saturated carbocycles. The van der Waals surface area contributed by atoms with E-state index in [1.54, 1.807) is 19.2 Å². The topological polar surface area (TPSA) is 37.9 Å². The number of ether oxygens (including phenoxy) is 1. The van der Waals surface area contributed by atoms with Crippen LogP contribution in [0.4, 0.5) is 0 Å². The van der Waals surface area contributed by atoms with Gasteiger partial charge in [-0.15, -0.1) is 0 Å². The maximum Gasteiger partial charge on any atom is 0.119 e. The summed E-state index contributed by atoms with van der Waals surface area (Å²) >= 11 is 12.0. The lowest BCUT2D eigenvalue weighted by Gasteiger charge is -2.02. The quantitative estimate of drug-likeness (QED) is 0.753. The Morgan fingerprint density at radius 1 is 1.05 bits per heavy atom. The van der Waals surface area contributed by atoms with Gasteiger partial charge in [0.15, 0.2) is 0 Å². The highest BCUT2D eigenvalue weighted by atomic mass is 35.5. The van der Waals surface area contributed by atoms with Crippen LogP contribution in [0.2, 0.25) is 10.0 Å². The lowest BCUT2D eigenvalue weighted by atomic mass is 10.1. The molecule has 0 aliphatic rings. The van der Waals surface area contributed by atoms with Crippen molar-refractivity contribution in [3.8, 4) is 17.0 Å². The van der Waals surface area contributed by atoms with E-state index in [0.717, 1.165) is 27.9 Å². The van der Waals surface area contributed by atoms with Crippen molar-refractivity contribution in [2.24, 2.45) is 0 Å². The number of benzene rings is 2. The molecule has 19 heavy (non-hydrogen) atoms. The van der Waals surface area contributed by atoms with E-state index in [9.17, 15) is 0 Å². The van der Waals surface area contributed by atoms with Gasteiger partial charge in [0.05, 0.1) is 22.7 Å². The molecule has 0 bridgehead atoms. The average Bonchev–Trinajstić information content (AvgIpc) is 2.84. The Balaban J connectivity index is 2.21. The van der Waals surface area contributed by atoms with E-state index in [1.807, 2.05) is 24.3 Å². The van der Waals surface area contributed by atoms with Gasteiger partial charge in [-0.2, -0.15) is 5.10 Å². The maximum absolute atomic E-state index is 6.05. The Kier molecular flexibility index (Phi) is 3.09. The van der Waals surface area contributed by atoms with Gasteiger partial charge in [-0.1, -0.05) is 29.3 Å². The Bertz CT molecular complexity index is 752. The van der Waals surface area contributed by atoms with Crippen molar-refractivity contribution < 1.29 is 4.74 Å². The van der Waals surface area contributed by atoms with Crippen molar-refractivity contribution >= 4 is 34.1 Å². The molecule has 0 saturated heterocycles. The number of nitrogens with one attached hydrogen (secondary N) is 1. The summed E-state index contributed by atoms with van der Waals surface area (Å²) in [5, 5.41) is 9.35. The van der Waals surface area contributed by atoms with Crippen molar-refractivity contribution in [3.05, 3.63) is 46.4 Å². The van der Waals surface area contributed by atoms with Gasteiger partial charge >= 0.3 is 0 Å². The average molecular weight is 293 g/mol. The molecule has 1 N–H and O–H groups in total. The highest BCUT2D eigenvalue weighted by Gasteiger charge is 2.10. The standard InChI is InChI=1S/C14H10Cl2N2O/c1-19-9-3-5-13-10(7-9)14(18-17-13)8-2-4-11(15)12(16)6-8/h2-7H,1H3,(H,17,18). The SMILES string of the molecule is COc1ccc2[nH]nc(-c3ccc(Cl)c(Cl)c3)c2c1. The second-order valence-corrected chi connectivity index (χ2v) is 4.93. The van der Waals surface area contributed by atoms with E-state index < -0.39 is 0 Å². The van der Waals surface area contributed by atoms with Gasteiger partial charge < -0.3 is 4.74 Å². The number of H-pyrrole nitrogens is 1. The van der Waals surface area contributed by atoms with Crippen molar-refractivity contribution in [2.45, 2.75) is 0 Å². The minimum atomic E-state index is 0.512. The molecule has 3 nitrogen and oxygen atoms in total. The van der Waals surface area contributed by atoms with Crippen molar-refractivity contribution in [2.75, 3.05) is 7.11 Å². The molecule has 2 aromatic carbocycles. The minimum Gasteiger partial charge on any atom is -0.497 e. The highest BCUT2D eigenvalue weighted by Crippen LogP contribution is 2.32. The second kappa shape index (κ2) is 4.76. The minimum absolute atomic E-state index is 0.512. The predicted octanol–water partition coefficient (Wildman–Crippen LogP) is 4.55. The predicted molar refractivity (Wildman–Crippen MR) is 78.1 cm³/mol. The fraction of sp³-hybridized carbons (Fsp3) is 0.0714. The molecule has 0 aliphatic heterocycles. The molecule has 1 aromatic heterocycles. The number of hydrogen-bond acceptors (Lipinski definition) is 2. The van der Waals surface area contributed by atoms with Crippen LogP contribution < -0.4 is 4.74 Å². The van der Waals surface area contributed by atoms with Gasteiger partial charge in [-0.05, 0) is 30.3 Å². The number of aromatic nitrogens is 2. The Morgan fingerprint density at radius 3 is 2.63 bits per heavy atom. The van der Waals surface area contributed by atoms with Crippen LogP contribution in [0.1, 0.15) is 0 Å². The third-order valence-electron chi connectivity index (χ3n) is 2.96. The molecular weight excluding hydrogens is 283 g/mol. The first-order chi connectivity index (χ1) is 9.19. The number of hydrogen-bond donors (Lipinski definition) is 1. The van der Waals surface area contributed by atoms with E-state index in [2.05, 4.69) is 10.2 Å². The van der Waals surface area contributed by atoms with E-state index in [1.165, 1.54) is 0 Å². The van der Waals surface area contributed by atoms with Crippen LogP contribution in [-0.2, 0) is 0 Å². The molecular formula is C14H10Cl2N2O. The number of methoxy groups -OCH3 is 1. The van der Waals surface area contributed by atoms with Gasteiger partial charge in [-0.25, -0.2) is 0 Å². The second-order valence-electron chi connectivity index (χ2n) is 4.11. The molecule has 0 radical (unpaired) electrons. The zero-order chi connectivity index (χ0) is 13.4. The van der Waals surface area contributed by atoms with Gasteiger partial charge in [0.25, 0.3) is 0 Å². The Morgan fingerprint density at radius 2 is 1.89 bits per heavy atom. The van der Waals surface area contributed by atoms with Gasteiger partial charge in [0.1, 0.15) is 11.4 Å². The van der Waals surface area contributed by atoms with Crippen molar-refractivity contribution in [1.29, 1.82) is 0 Å². The first-order valence-corrected chi connectivity index (χ1v) is 6.42. The summed E-state index contributed by atoms with van der Waals surface area (Å²) in [7, 11) is 1.64. The fourth-order valence-electron chi connectivity index (χ4n) is 1.98. The highest BCUT2D eigenvalue weighted by molar-refractivity contribution is 6.42. The molecule has 96 valence electrons. The summed E-state index contributed by atoms with van der Waals surface area (Å²) in [6, 6.07) is 11.2. The fourth-order valence-corrected chi connectivity index (χ4v) is 2.28. The zero-order valence-electron chi connectivity index (χ0n) is 10.1. The summed E-state index contributed by atoms with van der Waals surface area (Å²) in [4.78, 5) is 0. The van der Waals surface area contributed by atoms with Crippen LogP contribution in [-0.4, -0.2) is 17.3 Å². The number of rotatable bonds is 2. The lowest BCUT2D eigenvalue weighted by Crippen LogP contribution is -1.82. The summed E-state index contributed by atoms with van der Waals surface area (Å²) in [5.41, 5.74) is 2.68. The lowest BCUT2D eigenvalue weighted by molar-refractivity contribution is 0.415. The van der Waals surface area contributed by atoms with E-state index in [4.69, 9.17) is 27.9 Å². The zero-order valence-corrected chi connectivity index (χ0v) is 11.6. The largest absolute Gasteiger partial charge is 0.497 e. The summed E-state index contributed by atoms with van der Waals surface area (Å²) < 4.78 is 5.24. The number of nitrogens with zero attached hydrogens (tertiary/aromatic N) is 1. The molecule has 0 unspecified atom stereocenters. The third kappa shape index (κ3) is 2.15. The van der Waals surface area contributed by atoms with Crippen LogP contribution in [0.5, 0.6) is 5.75 Å². The molecule has 3 aromatic rings. The first kappa shape index (κ1) is 12.3. The molecule has 1 heterocycles. The van der Waals surface area contributed by atoms with Crippen LogP contribution >= 0.6 is 23.2 Å². The van der Waals surface area contributed by atoms with Crippen LogP contribution in [0.25, 0.3) is 22.2 Å². The number of halogens is 2. The molecule has 0 spiro atoms. The molecule has 0 fully saturated rings. The normalized spacial score (nSPS) is 10.9. The van der Waals surface area contributed by atoms with Gasteiger partial charge in [-0.3, -0.25) is 5.10 Å². The molecule has 0 atom stereocenters. The summed E-state index contributed by atoms with van der Waals surface area (Å²) in [5.74, 6) is 0.787. The molecule has 5 heteroatoms. The smallest absolute Gasteiger partial charge is 0.119 e. The number of fused-ring (bicyclic) bond motifs is 1. The summed E-state index contributed by atoms with van der Waals surface area (Å²) in [6.45, 7) is 0. The van der Waals surface area contributed by atoms with Crippen LogP contribution in [0.3, 0.4) is 0 Å². The van der Waals surface area contributed by atoms with E-state index in [-0.39, 0.29) is 0 Å². The monoisotopic (exact) mass is 292 g/mol. The maximum atomic E-state index is 6.05. The van der Waals surface area contributed by atoms with E-state index in [0.29, 0.717) is 10.0 Å². The van der Waals surface area contributed by atoms with E-state index >= 15 is 0 Å². The first-order valence-electron chi connectivity index (χ1n) is 5.66. The number of aromatic amines is 1. The summed E-state index contributed by atoms with van der Waals surface area (Å²) in [6.07, 6.45) is 0. The van der Waals surface area contributed by atoms with Gasteiger partial charge in [0.2, 0.25) is 0 Å². The van der Waals surface area contributed by atoms with Crippen molar-refractivity contribution in [3.63, 3.8) is 0 Å². The van der Waals surface area contributed by atoms with Crippen molar-refractivity contribution in [1.82, 2.24) is 10.2 Å². The molecule has 0 amide bonds. The third-order valence-corrected chi connectivity index (χ3v) is 3.70. The molecule has 0 aliphatic carbocycles. The Hall–Kier alpha value is -1.71.